The fraction of sp³-hybridized carbons (Fsp3) is 0.0870. The Morgan fingerprint density at radius 3 is 2.09 bits per heavy atom. The van der Waals surface area contributed by atoms with Gasteiger partial charge in [0.15, 0.2) is 0 Å². The molecule has 0 aliphatic heterocycles. The van der Waals surface area contributed by atoms with Crippen LogP contribution >= 0.6 is 34.8 Å². The summed E-state index contributed by atoms with van der Waals surface area (Å²) in [5.74, 6) is -1.57. The van der Waals surface area contributed by atoms with E-state index in [2.05, 4.69) is 16.2 Å². The van der Waals surface area contributed by atoms with E-state index in [1.165, 1.54) is 12.1 Å². The number of halogens is 3. The molecule has 3 N–H and O–H groups in total. The lowest BCUT2D eigenvalue weighted by Crippen LogP contribution is -2.43. The van der Waals surface area contributed by atoms with E-state index in [0.29, 0.717) is 21.2 Å². The molecule has 3 rings (SSSR count). The maximum atomic E-state index is 12.7. The third kappa shape index (κ3) is 6.23. The van der Waals surface area contributed by atoms with E-state index in [-0.39, 0.29) is 17.0 Å². The Hall–Kier alpha value is -3.06. The van der Waals surface area contributed by atoms with Gasteiger partial charge < -0.3 is 5.32 Å². The summed E-state index contributed by atoms with van der Waals surface area (Å²) in [4.78, 5) is 37.6. The molecule has 9 heteroatoms. The quantitative estimate of drug-likeness (QED) is 0.426. The Kier molecular flexibility index (Phi) is 8.11. The van der Waals surface area contributed by atoms with Crippen molar-refractivity contribution in [3.63, 3.8) is 0 Å². The molecule has 0 aromatic heterocycles. The molecular weight excluding hydrogens is 473 g/mol. The lowest BCUT2D eigenvalue weighted by atomic mass is 10.0. The Balaban J connectivity index is 1.69. The van der Waals surface area contributed by atoms with Crippen molar-refractivity contribution < 1.29 is 14.4 Å². The standard InChI is InChI=1S/C23H18Cl3N3O3/c24-15-10-11-19(26)17(12-15)23(32)29-28-21(30)13-20(14-6-2-1-3-7-14)27-22(31)16-8-4-5-9-18(16)25/h1-12,20H,13H2,(H,27,31)(H,28,30)(H,29,32)/t20-/m0/s1. The highest BCUT2D eigenvalue weighted by Gasteiger charge is 2.21. The van der Waals surface area contributed by atoms with Gasteiger partial charge in [0, 0.05) is 5.02 Å². The highest BCUT2D eigenvalue weighted by Crippen LogP contribution is 2.21. The van der Waals surface area contributed by atoms with Crippen LogP contribution in [0.4, 0.5) is 0 Å². The molecule has 6 nitrogen and oxygen atoms in total. The third-order valence-electron chi connectivity index (χ3n) is 4.50. The van der Waals surface area contributed by atoms with E-state index in [9.17, 15) is 14.4 Å². The Bertz CT molecular complexity index is 1140. The second-order valence-electron chi connectivity index (χ2n) is 6.75. The number of carbonyl (C=O) groups is 3. The van der Waals surface area contributed by atoms with Gasteiger partial charge in [-0.1, -0.05) is 77.3 Å². The van der Waals surface area contributed by atoms with Gasteiger partial charge in [0.1, 0.15) is 0 Å². The van der Waals surface area contributed by atoms with E-state index in [1.54, 1.807) is 54.6 Å². The van der Waals surface area contributed by atoms with E-state index < -0.39 is 23.8 Å². The molecule has 164 valence electrons. The SMILES string of the molecule is O=C(C[C@H](NC(=O)c1ccccc1Cl)c1ccccc1)NNC(=O)c1cc(Cl)ccc1Cl. The summed E-state index contributed by atoms with van der Waals surface area (Å²) in [6.07, 6.45) is -0.135. The number of nitrogens with one attached hydrogen (secondary N) is 3. The summed E-state index contributed by atoms with van der Waals surface area (Å²) in [5, 5.41) is 3.64. The zero-order valence-corrected chi connectivity index (χ0v) is 18.8. The van der Waals surface area contributed by atoms with Crippen molar-refractivity contribution >= 4 is 52.5 Å². The number of hydrazine groups is 1. The van der Waals surface area contributed by atoms with Crippen molar-refractivity contribution in [3.8, 4) is 0 Å². The van der Waals surface area contributed by atoms with E-state index >= 15 is 0 Å². The number of amides is 3. The number of benzene rings is 3. The van der Waals surface area contributed by atoms with Crippen LogP contribution in [0.15, 0.2) is 72.8 Å². The van der Waals surface area contributed by atoms with Crippen LogP contribution in [-0.4, -0.2) is 17.7 Å². The van der Waals surface area contributed by atoms with Crippen molar-refractivity contribution in [2.24, 2.45) is 0 Å². The van der Waals surface area contributed by atoms with Crippen LogP contribution < -0.4 is 16.2 Å². The average molecular weight is 491 g/mol. The highest BCUT2D eigenvalue weighted by molar-refractivity contribution is 6.35. The van der Waals surface area contributed by atoms with Crippen LogP contribution in [0.2, 0.25) is 15.1 Å². The number of hydrogen-bond donors (Lipinski definition) is 3. The first-order valence-electron chi connectivity index (χ1n) is 9.49. The molecule has 3 amide bonds. The molecule has 3 aromatic carbocycles. The molecule has 0 spiro atoms. The molecule has 32 heavy (non-hydrogen) atoms. The molecule has 0 saturated carbocycles. The summed E-state index contributed by atoms with van der Waals surface area (Å²) in [5.41, 5.74) is 5.76. The molecule has 0 heterocycles. The van der Waals surface area contributed by atoms with Gasteiger partial charge in [-0.25, -0.2) is 0 Å². The second kappa shape index (κ2) is 11.0. The summed E-state index contributed by atoms with van der Waals surface area (Å²) in [7, 11) is 0. The molecule has 3 aromatic rings. The lowest BCUT2D eigenvalue weighted by molar-refractivity contribution is -0.122. The minimum Gasteiger partial charge on any atom is -0.345 e. The molecule has 1 atom stereocenters. The summed E-state index contributed by atoms with van der Waals surface area (Å²) >= 11 is 18.0. The highest BCUT2D eigenvalue weighted by atomic mass is 35.5. The van der Waals surface area contributed by atoms with Gasteiger partial charge in [-0.15, -0.1) is 0 Å². The Morgan fingerprint density at radius 1 is 0.719 bits per heavy atom. The summed E-state index contributed by atoms with van der Waals surface area (Å²) in [6.45, 7) is 0. The molecule has 0 bridgehead atoms. The normalized spacial score (nSPS) is 11.3. The first kappa shape index (κ1) is 23.6. The molecule has 0 fully saturated rings. The predicted molar refractivity (Wildman–Crippen MR) is 125 cm³/mol. The first-order chi connectivity index (χ1) is 15.3. The van der Waals surface area contributed by atoms with Gasteiger partial charge in [-0.3, -0.25) is 25.2 Å². The van der Waals surface area contributed by atoms with Gasteiger partial charge in [0.25, 0.3) is 11.8 Å². The van der Waals surface area contributed by atoms with Crippen molar-refractivity contribution in [1.29, 1.82) is 0 Å². The Labute approximate surface area is 199 Å². The van der Waals surface area contributed by atoms with E-state index in [0.717, 1.165) is 0 Å². The summed E-state index contributed by atoms with van der Waals surface area (Å²) < 4.78 is 0. The van der Waals surface area contributed by atoms with Crippen molar-refractivity contribution in [2.45, 2.75) is 12.5 Å². The second-order valence-corrected chi connectivity index (χ2v) is 8.00. The number of carbonyl (C=O) groups excluding carboxylic acids is 3. The fourth-order valence-corrected chi connectivity index (χ4v) is 3.52. The topological polar surface area (TPSA) is 87.3 Å². The maximum Gasteiger partial charge on any atom is 0.271 e. The van der Waals surface area contributed by atoms with Crippen molar-refractivity contribution in [3.05, 3.63) is 105 Å². The largest absolute Gasteiger partial charge is 0.345 e. The fourth-order valence-electron chi connectivity index (χ4n) is 2.92. The number of hydrogen-bond acceptors (Lipinski definition) is 3. The minimum absolute atomic E-state index is 0.117. The van der Waals surface area contributed by atoms with Gasteiger partial charge >= 0.3 is 0 Å². The van der Waals surface area contributed by atoms with Crippen LogP contribution in [0, 0.1) is 0 Å². The minimum atomic E-state index is -0.661. The van der Waals surface area contributed by atoms with Crippen LogP contribution in [0.3, 0.4) is 0 Å². The van der Waals surface area contributed by atoms with Gasteiger partial charge in [-0.2, -0.15) is 0 Å². The van der Waals surface area contributed by atoms with Crippen molar-refractivity contribution in [1.82, 2.24) is 16.2 Å². The molecule has 0 saturated heterocycles. The molecule has 0 radical (unpaired) electrons. The predicted octanol–water partition coefficient (Wildman–Crippen LogP) is 4.97. The summed E-state index contributed by atoms with van der Waals surface area (Å²) in [6, 6.07) is 19.4. The van der Waals surface area contributed by atoms with Gasteiger partial charge in [0.05, 0.1) is 33.6 Å². The zero-order valence-electron chi connectivity index (χ0n) is 16.6. The smallest absolute Gasteiger partial charge is 0.271 e. The maximum absolute atomic E-state index is 12.7. The monoisotopic (exact) mass is 489 g/mol. The van der Waals surface area contributed by atoms with Gasteiger partial charge in [0.2, 0.25) is 5.91 Å². The van der Waals surface area contributed by atoms with Crippen LogP contribution in [-0.2, 0) is 4.79 Å². The van der Waals surface area contributed by atoms with Crippen LogP contribution in [0.1, 0.15) is 38.7 Å². The van der Waals surface area contributed by atoms with Crippen LogP contribution in [0.25, 0.3) is 0 Å². The molecule has 0 aliphatic carbocycles. The van der Waals surface area contributed by atoms with Gasteiger partial charge in [-0.05, 0) is 35.9 Å². The lowest BCUT2D eigenvalue weighted by Gasteiger charge is -2.19. The third-order valence-corrected chi connectivity index (χ3v) is 5.40. The first-order valence-corrected chi connectivity index (χ1v) is 10.6. The molecule has 0 unspecified atom stereocenters. The average Bonchev–Trinajstić information content (AvgIpc) is 2.79. The van der Waals surface area contributed by atoms with Crippen molar-refractivity contribution in [2.75, 3.05) is 0 Å². The van der Waals surface area contributed by atoms with Crippen LogP contribution in [0.5, 0.6) is 0 Å². The molecular formula is C23H18Cl3N3O3. The van der Waals surface area contributed by atoms with E-state index in [4.69, 9.17) is 34.8 Å². The number of rotatable bonds is 6. The zero-order chi connectivity index (χ0) is 23.1. The Morgan fingerprint density at radius 2 is 1.38 bits per heavy atom. The molecule has 0 aliphatic rings. The van der Waals surface area contributed by atoms with E-state index in [1.807, 2.05) is 6.07 Å².